The molecular formula is C12H14ClNO3S. The summed E-state index contributed by atoms with van der Waals surface area (Å²) in [5.74, 6) is -0.615. The highest BCUT2D eigenvalue weighted by molar-refractivity contribution is 7.59. The van der Waals surface area contributed by atoms with Crippen LogP contribution in [0.1, 0.15) is 5.56 Å². The van der Waals surface area contributed by atoms with Gasteiger partial charge in [-0.1, -0.05) is 30.3 Å². The van der Waals surface area contributed by atoms with Crippen molar-refractivity contribution in [2.75, 3.05) is 12.5 Å². The number of nitrogens with zero attached hydrogens (tertiary/aromatic N) is 1. The molecule has 1 heterocycles. The monoisotopic (exact) mass is 287 g/mol. The minimum atomic E-state index is -0.600. The molecule has 2 rings (SSSR count). The van der Waals surface area contributed by atoms with E-state index in [9.17, 15) is 9.59 Å². The smallest absolute Gasteiger partial charge is 0.417 e. The van der Waals surface area contributed by atoms with E-state index in [0.29, 0.717) is 6.42 Å². The van der Waals surface area contributed by atoms with Crippen LogP contribution in [0, 0.1) is 0 Å². The molecule has 1 atom stereocenters. The van der Waals surface area contributed by atoms with Gasteiger partial charge in [-0.3, -0.25) is 4.79 Å². The highest BCUT2D eigenvalue weighted by Gasteiger charge is 2.37. The van der Waals surface area contributed by atoms with Gasteiger partial charge in [0.05, 0.1) is 6.04 Å². The van der Waals surface area contributed by atoms with Crippen LogP contribution in [0.4, 0.5) is 4.79 Å². The molecule has 0 unspecified atom stereocenters. The molecule has 1 aromatic rings. The summed E-state index contributed by atoms with van der Waals surface area (Å²) in [6, 6.07) is 9.40. The lowest BCUT2D eigenvalue weighted by Gasteiger charge is -2.18. The number of imide groups is 1. The van der Waals surface area contributed by atoms with Crippen molar-refractivity contribution in [2.45, 2.75) is 12.5 Å². The second-order valence-electron chi connectivity index (χ2n) is 3.82. The maximum Gasteiger partial charge on any atom is 0.417 e. The summed E-state index contributed by atoms with van der Waals surface area (Å²) in [5.41, 5.74) is 1.06. The molecule has 1 fully saturated rings. The standard InChI is InChI=1S/C12H12ClNO3.H2S/c13-7-11(15)14-10(8-17-12(14)16)6-9-4-2-1-3-5-9;/h1-5,10H,6-8H2;1H2/t10-;/m0./s1. The maximum atomic E-state index is 11.5. The van der Waals surface area contributed by atoms with Crippen molar-refractivity contribution in [1.29, 1.82) is 0 Å². The van der Waals surface area contributed by atoms with Crippen molar-refractivity contribution in [1.82, 2.24) is 4.90 Å². The Morgan fingerprint density at radius 3 is 2.67 bits per heavy atom. The molecule has 1 aliphatic rings. The van der Waals surface area contributed by atoms with E-state index >= 15 is 0 Å². The second-order valence-corrected chi connectivity index (χ2v) is 4.09. The van der Waals surface area contributed by atoms with Crippen LogP contribution in [0.5, 0.6) is 0 Å². The summed E-state index contributed by atoms with van der Waals surface area (Å²) < 4.78 is 4.88. The zero-order valence-electron chi connectivity index (χ0n) is 9.64. The Kier molecular flexibility index (Phi) is 5.50. The fourth-order valence-electron chi connectivity index (χ4n) is 1.87. The number of carbonyl (C=O) groups excluding carboxylic acids is 2. The van der Waals surface area contributed by atoms with E-state index in [1.54, 1.807) is 0 Å². The van der Waals surface area contributed by atoms with Gasteiger partial charge in [0.25, 0.3) is 0 Å². The molecule has 0 aliphatic carbocycles. The topological polar surface area (TPSA) is 46.6 Å². The Morgan fingerprint density at radius 2 is 2.06 bits per heavy atom. The SMILES string of the molecule is O=C(CCl)N1C(=O)OC[C@@H]1Cc1ccccc1.S. The first kappa shape index (κ1) is 14.9. The van der Waals surface area contributed by atoms with E-state index in [2.05, 4.69) is 0 Å². The molecule has 18 heavy (non-hydrogen) atoms. The molecule has 1 aromatic carbocycles. The van der Waals surface area contributed by atoms with Crippen LogP contribution in [-0.4, -0.2) is 35.4 Å². The third-order valence-electron chi connectivity index (χ3n) is 2.66. The molecule has 1 saturated heterocycles. The van der Waals surface area contributed by atoms with Crippen LogP contribution < -0.4 is 0 Å². The van der Waals surface area contributed by atoms with Crippen LogP contribution in [0.25, 0.3) is 0 Å². The number of amides is 2. The molecule has 0 radical (unpaired) electrons. The molecular weight excluding hydrogens is 274 g/mol. The minimum absolute atomic E-state index is 0. The van der Waals surface area contributed by atoms with Gasteiger partial charge < -0.3 is 4.74 Å². The lowest BCUT2D eigenvalue weighted by Crippen LogP contribution is -2.40. The molecule has 0 spiro atoms. The summed E-state index contributed by atoms with van der Waals surface area (Å²) in [6.07, 6.45) is -0.00792. The number of benzene rings is 1. The molecule has 0 bridgehead atoms. The van der Waals surface area contributed by atoms with Gasteiger partial charge >= 0.3 is 6.09 Å². The van der Waals surface area contributed by atoms with Gasteiger partial charge in [-0.15, -0.1) is 11.6 Å². The van der Waals surface area contributed by atoms with Crippen LogP contribution in [-0.2, 0) is 16.0 Å². The van der Waals surface area contributed by atoms with Gasteiger partial charge in [0, 0.05) is 0 Å². The molecule has 98 valence electrons. The van der Waals surface area contributed by atoms with Crippen molar-refractivity contribution in [3.63, 3.8) is 0 Å². The van der Waals surface area contributed by atoms with Gasteiger partial charge in [0.1, 0.15) is 12.5 Å². The van der Waals surface area contributed by atoms with Gasteiger partial charge in [-0.25, -0.2) is 9.69 Å². The highest BCUT2D eigenvalue weighted by atomic mass is 35.5. The first-order valence-corrected chi connectivity index (χ1v) is 5.84. The van der Waals surface area contributed by atoms with Crippen molar-refractivity contribution in [3.05, 3.63) is 35.9 Å². The summed E-state index contributed by atoms with van der Waals surface area (Å²) >= 11 is 5.47. The normalized spacial score (nSPS) is 18.2. The minimum Gasteiger partial charge on any atom is -0.447 e. The molecule has 4 nitrogen and oxygen atoms in total. The van der Waals surface area contributed by atoms with Gasteiger partial charge in [-0.2, -0.15) is 13.5 Å². The number of ether oxygens (including phenoxy) is 1. The molecule has 0 aromatic heterocycles. The third kappa shape index (κ3) is 3.17. The highest BCUT2D eigenvalue weighted by Crippen LogP contribution is 2.17. The number of hydrogen-bond donors (Lipinski definition) is 0. The first-order valence-electron chi connectivity index (χ1n) is 5.31. The molecule has 0 saturated carbocycles. The van der Waals surface area contributed by atoms with Crippen LogP contribution >= 0.6 is 25.1 Å². The van der Waals surface area contributed by atoms with Crippen molar-refractivity contribution < 1.29 is 14.3 Å². The first-order chi connectivity index (χ1) is 8.22. The van der Waals surface area contributed by atoms with Crippen molar-refractivity contribution in [2.24, 2.45) is 0 Å². The third-order valence-corrected chi connectivity index (χ3v) is 2.89. The Labute approximate surface area is 117 Å². The summed E-state index contributed by atoms with van der Waals surface area (Å²) in [6.45, 7) is 0.232. The predicted molar refractivity (Wildman–Crippen MR) is 73.2 cm³/mol. The molecule has 2 amide bonds. The van der Waals surface area contributed by atoms with Crippen molar-refractivity contribution >= 4 is 37.1 Å². The number of alkyl halides is 1. The Balaban J connectivity index is 0.00000162. The number of rotatable bonds is 3. The van der Waals surface area contributed by atoms with E-state index in [1.807, 2.05) is 30.3 Å². The second kappa shape index (κ2) is 6.66. The molecule has 0 N–H and O–H groups in total. The number of halogens is 1. The van der Waals surface area contributed by atoms with E-state index in [0.717, 1.165) is 10.5 Å². The van der Waals surface area contributed by atoms with Crippen LogP contribution in [0.3, 0.4) is 0 Å². The predicted octanol–water partition coefficient (Wildman–Crippen LogP) is 1.93. The lowest BCUT2D eigenvalue weighted by molar-refractivity contribution is -0.126. The van der Waals surface area contributed by atoms with Gasteiger partial charge in [0.2, 0.25) is 5.91 Å². The average molecular weight is 288 g/mol. The Bertz CT molecular complexity index is 427. The molecule has 6 heteroatoms. The summed E-state index contributed by atoms with van der Waals surface area (Å²) in [5, 5.41) is 0. The van der Waals surface area contributed by atoms with E-state index in [-0.39, 0.29) is 32.0 Å². The van der Waals surface area contributed by atoms with Crippen molar-refractivity contribution in [3.8, 4) is 0 Å². The van der Waals surface area contributed by atoms with Crippen LogP contribution in [0.15, 0.2) is 30.3 Å². The summed E-state index contributed by atoms with van der Waals surface area (Å²) in [4.78, 5) is 24.0. The van der Waals surface area contributed by atoms with Gasteiger partial charge in [0.15, 0.2) is 0 Å². The average Bonchev–Trinajstić information content (AvgIpc) is 2.71. The maximum absolute atomic E-state index is 11.5. The lowest BCUT2D eigenvalue weighted by atomic mass is 10.1. The molecule has 1 aliphatic heterocycles. The Hall–Kier alpha value is -1.20. The zero-order valence-corrected chi connectivity index (χ0v) is 11.4. The quantitative estimate of drug-likeness (QED) is 0.798. The number of carbonyl (C=O) groups is 2. The van der Waals surface area contributed by atoms with E-state index in [1.165, 1.54) is 0 Å². The number of cyclic esters (lactones) is 1. The zero-order chi connectivity index (χ0) is 12.3. The Morgan fingerprint density at radius 1 is 1.39 bits per heavy atom. The number of hydrogen-bond acceptors (Lipinski definition) is 3. The van der Waals surface area contributed by atoms with Gasteiger partial charge in [-0.05, 0) is 12.0 Å². The fraction of sp³-hybridized carbons (Fsp3) is 0.333. The largest absolute Gasteiger partial charge is 0.447 e. The van der Waals surface area contributed by atoms with E-state index in [4.69, 9.17) is 16.3 Å². The van der Waals surface area contributed by atoms with Crippen LogP contribution in [0.2, 0.25) is 0 Å². The fourth-order valence-corrected chi connectivity index (χ4v) is 2.00. The summed E-state index contributed by atoms with van der Waals surface area (Å²) in [7, 11) is 0. The van der Waals surface area contributed by atoms with E-state index < -0.39 is 12.0 Å².